The molecule has 0 amide bonds. The highest BCUT2D eigenvalue weighted by atomic mass is 32.1. The summed E-state index contributed by atoms with van der Waals surface area (Å²) in [6, 6.07) is 11.1. The van der Waals surface area contributed by atoms with Gasteiger partial charge in [-0.2, -0.15) is 0 Å². The van der Waals surface area contributed by atoms with E-state index in [4.69, 9.17) is 0 Å². The highest BCUT2D eigenvalue weighted by molar-refractivity contribution is 7.15. The maximum absolute atomic E-state index is 3.52. The molecule has 0 atom stereocenters. The van der Waals surface area contributed by atoms with E-state index in [1.54, 1.807) is 0 Å². The zero-order valence-electron chi connectivity index (χ0n) is 10.3. The molecule has 1 N–H and O–H groups in total. The Morgan fingerprint density at radius 2 is 1.82 bits per heavy atom. The highest BCUT2D eigenvalue weighted by Gasteiger charge is 2.07. The van der Waals surface area contributed by atoms with E-state index < -0.39 is 0 Å². The van der Waals surface area contributed by atoms with Crippen LogP contribution in [0.2, 0.25) is 0 Å². The van der Waals surface area contributed by atoms with Crippen LogP contribution < -0.4 is 0 Å². The van der Waals surface area contributed by atoms with Crippen LogP contribution in [-0.2, 0) is 0 Å². The van der Waals surface area contributed by atoms with Crippen molar-refractivity contribution in [1.82, 2.24) is 4.98 Å². The molecule has 0 saturated heterocycles. The summed E-state index contributed by atoms with van der Waals surface area (Å²) in [5, 5.41) is 1.33. The van der Waals surface area contributed by atoms with E-state index in [9.17, 15) is 0 Å². The molecule has 0 aliphatic rings. The van der Waals surface area contributed by atoms with Gasteiger partial charge in [-0.1, -0.05) is 6.07 Å². The smallest absolute Gasteiger partial charge is 0.0566 e. The first kappa shape index (κ1) is 10.6. The number of aromatic amines is 1. The molecule has 3 aromatic rings. The summed E-state index contributed by atoms with van der Waals surface area (Å²) in [6.45, 7) is 6.46. The Morgan fingerprint density at radius 3 is 2.53 bits per heavy atom. The van der Waals surface area contributed by atoms with Crippen molar-refractivity contribution < 1.29 is 0 Å². The number of fused-ring (bicyclic) bond motifs is 1. The normalized spacial score (nSPS) is 11.2. The molecule has 0 fully saturated rings. The van der Waals surface area contributed by atoms with Crippen LogP contribution in [0.15, 0.2) is 30.3 Å². The van der Waals surface area contributed by atoms with E-state index in [0.29, 0.717) is 0 Å². The molecule has 17 heavy (non-hydrogen) atoms. The lowest BCUT2D eigenvalue weighted by atomic mass is 10.1. The summed E-state index contributed by atoms with van der Waals surface area (Å²) in [6.07, 6.45) is 0. The van der Waals surface area contributed by atoms with Gasteiger partial charge in [0.1, 0.15) is 0 Å². The van der Waals surface area contributed by atoms with Gasteiger partial charge in [0.2, 0.25) is 0 Å². The molecular formula is C15H15NS. The van der Waals surface area contributed by atoms with Crippen molar-refractivity contribution in [1.29, 1.82) is 0 Å². The number of hydrogen-bond donors (Lipinski definition) is 1. The van der Waals surface area contributed by atoms with Crippen molar-refractivity contribution in [2.45, 2.75) is 20.8 Å². The summed E-state index contributed by atoms with van der Waals surface area (Å²) < 4.78 is 0. The second-order valence-corrected chi connectivity index (χ2v) is 5.92. The lowest BCUT2D eigenvalue weighted by Crippen LogP contribution is -1.77. The van der Waals surface area contributed by atoms with Gasteiger partial charge in [0.15, 0.2) is 0 Å². The average Bonchev–Trinajstić information content (AvgIpc) is 2.83. The van der Waals surface area contributed by atoms with E-state index in [0.717, 1.165) is 0 Å². The average molecular weight is 241 g/mol. The zero-order valence-corrected chi connectivity index (χ0v) is 11.1. The van der Waals surface area contributed by atoms with Crippen LogP contribution in [0.1, 0.15) is 16.0 Å². The van der Waals surface area contributed by atoms with Gasteiger partial charge < -0.3 is 4.98 Å². The van der Waals surface area contributed by atoms with Crippen LogP contribution in [0.3, 0.4) is 0 Å². The van der Waals surface area contributed by atoms with Gasteiger partial charge in [-0.05, 0) is 56.2 Å². The zero-order chi connectivity index (χ0) is 12.0. The summed E-state index contributed by atoms with van der Waals surface area (Å²) in [4.78, 5) is 6.19. The molecule has 0 spiro atoms. The van der Waals surface area contributed by atoms with Crippen molar-refractivity contribution >= 4 is 22.2 Å². The molecule has 2 heteroatoms. The maximum Gasteiger partial charge on any atom is 0.0566 e. The maximum atomic E-state index is 3.52. The molecule has 1 aromatic carbocycles. The summed E-state index contributed by atoms with van der Waals surface area (Å²) >= 11 is 1.83. The third kappa shape index (κ3) is 1.79. The Balaban J connectivity index is 2.23. The summed E-state index contributed by atoms with van der Waals surface area (Å²) in [5.74, 6) is 0. The van der Waals surface area contributed by atoms with Gasteiger partial charge in [-0.15, -0.1) is 11.3 Å². The van der Waals surface area contributed by atoms with Crippen molar-refractivity contribution in [3.8, 4) is 10.6 Å². The lowest BCUT2D eigenvalue weighted by molar-refractivity contribution is 1.41. The Bertz CT molecular complexity index is 688. The predicted molar refractivity (Wildman–Crippen MR) is 75.8 cm³/mol. The molecule has 0 saturated carbocycles. The van der Waals surface area contributed by atoms with Gasteiger partial charge >= 0.3 is 0 Å². The number of thiophene rings is 1. The minimum absolute atomic E-state index is 1.23. The van der Waals surface area contributed by atoms with Crippen LogP contribution in [0.5, 0.6) is 0 Å². The van der Waals surface area contributed by atoms with E-state index >= 15 is 0 Å². The fourth-order valence-corrected chi connectivity index (χ4v) is 3.15. The van der Waals surface area contributed by atoms with E-state index in [2.05, 4.69) is 56.1 Å². The van der Waals surface area contributed by atoms with E-state index in [-0.39, 0.29) is 0 Å². The van der Waals surface area contributed by atoms with Gasteiger partial charge in [0.05, 0.1) is 10.6 Å². The third-order valence-electron chi connectivity index (χ3n) is 3.10. The summed E-state index contributed by atoms with van der Waals surface area (Å²) in [7, 11) is 0. The monoisotopic (exact) mass is 241 g/mol. The molecule has 0 aliphatic heterocycles. The van der Waals surface area contributed by atoms with Gasteiger partial charge in [-0.25, -0.2) is 0 Å². The quantitative estimate of drug-likeness (QED) is 0.628. The van der Waals surface area contributed by atoms with Crippen molar-refractivity contribution in [3.05, 3.63) is 46.3 Å². The second kappa shape index (κ2) is 3.74. The number of hydrogen-bond acceptors (Lipinski definition) is 1. The van der Waals surface area contributed by atoms with Crippen LogP contribution in [-0.4, -0.2) is 4.98 Å². The van der Waals surface area contributed by atoms with Crippen molar-refractivity contribution in [2.24, 2.45) is 0 Å². The Labute approximate surface area is 105 Å². The van der Waals surface area contributed by atoms with Crippen molar-refractivity contribution in [3.63, 3.8) is 0 Å². The SMILES string of the molecule is Cc1cc(C)c2cc(-c3ccc(C)s3)[nH]c2c1. The van der Waals surface area contributed by atoms with Gasteiger partial charge in [-0.3, -0.25) is 0 Å². The lowest BCUT2D eigenvalue weighted by Gasteiger charge is -1.97. The van der Waals surface area contributed by atoms with E-state index in [1.807, 2.05) is 11.3 Å². The highest BCUT2D eigenvalue weighted by Crippen LogP contribution is 2.31. The predicted octanol–water partition coefficient (Wildman–Crippen LogP) is 4.82. The molecule has 0 radical (unpaired) electrons. The largest absolute Gasteiger partial charge is 0.354 e. The second-order valence-electron chi connectivity index (χ2n) is 4.64. The summed E-state index contributed by atoms with van der Waals surface area (Å²) in [5.41, 5.74) is 5.12. The van der Waals surface area contributed by atoms with Gasteiger partial charge in [0.25, 0.3) is 0 Å². The van der Waals surface area contributed by atoms with Crippen molar-refractivity contribution in [2.75, 3.05) is 0 Å². The van der Waals surface area contributed by atoms with Gasteiger partial charge in [0, 0.05) is 15.8 Å². The van der Waals surface area contributed by atoms with Crippen LogP contribution in [0, 0.1) is 20.8 Å². The molecule has 2 heterocycles. The first-order valence-corrected chi connectivity index (χ1v) is 6.62. The molecule has 0 unspecified atom stereocenters. The molecule has 86 valence electrons. The number of benzene rings is 1. The van der Waals surface area contributed by atoms with Crippen LogP contribution >= 0.6 is 11.3 Å². The first-order chi connectivity index (χ1) is 8.13. The minimum atomic E-state index is 1.23. The first-order valence-electron chi connectivity index (χ1n) is 5.80. The number of aromatic nitrogens is 1. The van der Waals surface area contributed by atoms with Crippen LogP contribution in [0.25, 0.3) is 21.5 Å². The molecule has 3 rings (SSSR count). The van der Waals surface area contributed by atoms with Crippen LogP contribution in [0.4, 0.5) is 0 Å². The number of aryl methyl sites for hydroxylation is 3. The number of nitrogens with one attached hydrogen (secondary N) is 1. The number of rotatable bonds is 1. The fourth-order valence-electron chi connectivity index (χ4n) is 2.31. The third-order valence-corrected chi connectivity index (χ3v) is 4.13. The Morgan fingerprint density at radius 1 is 1.00 bits per heavy atom. The Hall–Kier alpha value is -1.54. The minimum Gasteiger partial charge on any atom is -0.354 e. The molecule has 0 bridgehead atoms. The number of H-pyrrole nitrogens is 1. The Kier molecular flexibility index (Phi) is 2.33. The molecular weight excluding hydrogens is 226 g/mol. The fraction of sp³-hybridized carbons (Fsp3) is 0.200. The topological polar surface area (TPSA) is 15.8 Å². The molecule has 2 aromatic heterocycles. The molecule has 0 aliphatic carbocycles. The molecule has 1 nitrogen and oxygen atoms in total. The standard InChI is InChI=1S/C15H15NS/c1-9-6-10(2)12-8-14(16-13(12)7-9)15-5-4-11(3)17-15/h4-8,16H,1-3H3. The van der Waals surface area contributed by atoms with E-state index in [1.165, 1.54) is 37.5 Å².